The number of rotatable bonds is 23. The molecule has 6 aromatic heterocycles. The number of amides is 1. The van der Waals surface area contributed by atoms with Crippen LogP contribution in [0.2, 0.25) is 0 Å². The molecule has 0 spiro atoms. The van der Waals surface area contributed by atoms with Gasteiger partial charge < -0.3 is 28.8 Å². The number of cyclic esters (lactones) is 1. The van der Waals surface area contributed by atoms with Gasteiger partial charge in [0.25, 0.3) is 5.56 Å². The molecule has 1 atom stereocenters. The minimum atomic E-state index is -1.92. The van der Waals surface area contributed by atoms with E-state index in [1.165, 1.54) is 0 Å². The quantitative estimate of drug-likeness (QED) is 0.0472. The van der Waals surface area contributed by atoms with E-state index in [0.29, 0.717) is 101 Å². The smallest absolute Gasteiger partial charge is 0.415 e. The van der Waals surface area contributed by atoms with Gasteiger partial charge in [0.15, 0.2) is 5.60 Å². The average molecular weight is 1100 g/mol. The number of nitrogens with zero attached hydrogens (tertiary/aromatic N) is 9. The summed E-state index contributed by atoms with van der Waals surface area (Å²) in [5, 5.41) is 12.2. The third-order valence-corrected chi connectivity index (χ3v) is 15.2. The van der Waals surface area contributed by atoms with Crippen LogP contribution in [0.15, 0.2) is 175 Å². The van der Waals surface area contributed by atoms with Gasteiger partial charge in [0.2, 0.25) is 0 Å². The summed E-state index contributed by atoms with van der Waals surface area (Å²) >= 11 is 0. The molecule has 0 saturated heterocycles. The summed E-state index contributed by atoms with van der Waals surface area (Å²) in [7, 11) is 0. The fraction of sp³-hybridized carbons (Fsp3) is 0.273. The largest absolute Gasteiger partial charge is 0.494 e. The number of benzene rings is 3. The van der Waals surface area contributed by atoms with Gasteiger partial charge in [-0.15, -0.1) is 0 Å². The van der Waals surface area contributed by atoms with Gasteiger partial charge in [-0.2, -0.15) is 0 Å². The number of hydrogen-bond acceptors (Lipinski definition) is 14. The van der Waals surface area contributed by atoms with Gasteiger partial charge in [-0.05, 0) is 133 Å². The van der Waals surface area contributed by atoms with Crippen molar-refractivity contribution < 1.29 is 28.9 Å². The molecular formula is C66H65N9O7. The highest BCUT2D eigenvalue weighted by Gasteiger charge is 2.45. The predicted molar refractivity (Wildman–Crippen MR) is 311 cm³/mol. The number of esters is 1. The number of carbonyl (C=O) groups is 2. The molecule has 16 heteroatoms. The van der Waals surface area contributed by atoms with Gasteiger partial charge in [-0.1, -0.05) is 74.5 Å². The van der Waals surface area contributed by atoms with Crippen LogP contribution >= 0.6 is 0 Å². The number of carbonyl (C=O) groups excluding carboxylic acids is 2. The molecule has 2 aliphatic rings. The molecule has 0 bridgehead atoms. The lowest BCUT2D eigenvalue weighted by molar-refractivity contribution is -0.172. The van der Waals surface area contributed by atoms with Crippen molar-refractivity contribution in [2.45, 2.75) is 104 Å². The van der Waals surface area contributed by atoms with Crippen LogP contribution in [0.25, 0.3) is 22.3 Å². The molecule has 416 valence electrons. The molecule has 8 heterocycles. The maximum Gasteiger partial charge on any atom is 0.415 e. The second-order valence-electron chi connectivity index (χ2n) is 20.9. The van der Waals surface area contributed by atoms with Crippen molar-refractivity contribution in [3.8, 4) is 22.9 Å². The van der Waals surface area contributed by atoms with Crippen molar-refractivity contribution in [3.05, 3.63) is 242 Å². The molecule has 0 saturated carbocycles. The first kappa shape index (κ1) is 55.0. The number of aromatic nitrogens is 6. The molecule has 2 aliphatic heterocycles. The fourth-order valence-electron chi connectivity index (χ4n) is 11.1. The van der Waals surface area contributed by atoms with E-state index in [4.69, 9.17) is 19.2 Å². The number of hydrogen-bond donors (Lipinski definition) is 1. The van der Waals surface area contributed by atoms with Crippen LogP contribution in [-0.2, 0) is 80.5 Å². The Balaban J connectivity index is 0.812. The van der Waals surface area contributed by atoms with Gasteiger partial charge >= 0.3 is 12.1 Å². The van der Waals surface area contributed by atoms with Crippen molar-refractivity contribution in [3.63, 3.8) is 0 Å². The average Bonchev–Trinajstić information content (AvgIpc) is 2.92. The maximum atomic E-state index is 14.3. The molecule has 11 rings (SSSR count). The van der Waals surface area contributed by atoms with Crippen LogP contribution in [0, 0.1) is 0 Å². The van der Waals surface area contributed by atoms with Gasteiger partial charge in [-0.3, -0.25) is 34.5 Å². The monoisotopic (exact) mass is 1100 g/mol. The molecule has 0 radical (unpaired) electrons. The molecule has 1 N–H and O–H groups in total. The Morgan fingerprint density at radius 2 is 1.22 bits per heavy atom. The third kappa shape index (κ3) is 12.6. The second kappa shape index (κ2) is 25.2. The molecule has 1 amide bonds. The van der Waals surface area contributed by atoms with Crippen LogP contribution < -0.4 is 15.0 Å². The Morgan fingerprint density at radius 3 is 1.77 bits per heavy atom. The van der Waals surface area contributed by atoms with Gasteiger partial charge in [-0.25, -0.2) is 14.6 Å². The second-order valence-corrected chi connectivity index (χ2v) is 20.9. The summed E-state index contributed by atoms with van der Waals surface area (Å²) in [6.07, 6.45) is 8.80. The van der Waals surface area contributed by atoms with Crippen LogP contribution in [0.5, 0.6) is 11.5 Å². The van der Waals surface area contributed by atoms with Crippen LogP contribution in [-0.4, -0.2) is 74.5 Å². The summed E-state index contributed by atoms with van der Waals surface area (Å²) in [6.45, 7) is 8.70. The molecule has 0 unspecified atom stereocenters. The number of fused-ring (bicyclic) bond motifs is 5. The van der Waals surface area contributed by atoms with Gasteiger partial charge in [0.1, 0.15) is 18.1 Å². The predicted octanol–water partition coefficient (Wildman–Crippen LogP) is 10.5. The SMILES string of the molecule is CCc1c2c(nc3ccc(OC(=O)N(CCCCOc4cc(CN(Cc5ccccn5)Cc5ccccn5)cc(CN(Cc5ccccn5)Cc5ccccn5)c4)Cc4ccccc4)cc13)-c1cc3c(c(=O)n1C2)COC(=O)[C@@]3(O)CC. The Labute approximate surface area is 476 Å². The van der Waals surface area contributed by atoms with E-state index in [0.717, 1.165) is 61.7 Å². The molecular weight excluding hydrogens is 1030 g/mol. The zero-order valence-electron chi connectivity index (χ0n) is 46.2. The topological polar surface area (TPSA) is 178 Å². The third-order valence-electron chi connectivity index (χ3n) is 15.2. The van der Waals surface area contributed by atoms with Crippen LogP contribution in [0.1, 0.15) is 94.8 Å². The maximum absolute atomic E-state index is 14.3. The van der Waals surface area contributed by atoms with E-state index in [-0.39, 0.29) is 36.3 Å². The minimum absolute atomic E-state index is 0.0565. The van der Waals surface area contributed by atoms with Gasteiger partial charge in [0.05, 0.1) is 58.4 Å². The highest BCUT2D eigenvalue weighted by atomic mass is 16.6. The minimum Gasteiger partial charge on any atom is -0.494 e. The van der Waals surface area contributed by atoms with E-state index in [2.05, 4.69) is 47.9 Å². The highest BCUT2D eigenvalue weighted by molar-refractivity contribution is 5.90. The first-order valence-electron chi connectivity index (χ1n) is 28.0. The number of ether oxygens (including phenoxy) is 3. The summed E-state index contributed by atoms with van der Waals surface area (Å²) in [5.41, 5.74) is 8.96. The Bertz CT molecular complexity index is 3550. The van der Waals surface area contributed by atoms with E-state index in [1.807, 2.05) is 147 Å². The summed E-state index contributed by atoms with van der Waals surface area (Å²) in [5.74, 6) is 0.362. The highest BCUT2D eigenvalue weighted by Crippen LogP contribution is 2.41. The lowest BCUT2D eigenvalue weighted by atomic mass is 9.86. The van der Waals surface area contributed by atoms with E-state index in [1.54, 1.807) is 28.5 Å². The van der Waals surface area contributed by atoms with Crippen LogP contribution in [0.3, 0.4) is 0 Å². The van der Waals surface area contributed by atoms with Crippen molar-refractivity contribution in [2.75, 3.05) is 13.2 Å². The first-order valence-corrected chi connectivity index (χ1v) is 28.0. The molecule has 0 aliphatic carbocycles. The van der Waals surface area contributed by atoms with Crippen molar-refractivity contribution in [1.29, 1.82) is 0 Å². The van der Waals surface area contributed by atoms with Crippen LogP contribution in [0.4, 0.5) is 4.79 Å². The summed E-state index contributed by atoms with van der Waals surface area (Å²) in [4.78, 5) is 71.2. The van der Waals surface area contributed by atoms with Gasteiger partial charge in [0, 0.05) is 93.7 Å². The standard InChI is InChI=1S/C66H65N9O7/c1-3-55-56-35-53(24-25-60(56)71-62-57(55)44-75-61(62)36-59-58(63(75)76)45-81-64(77)66(59,79)4-2)82-65(78)74(39-46-18-6-5-7-19-46)30-16-17-31-80-54-33-47(37-72(40-49-20-8-12-26-67-49)41-50-21-9-13-27-68-50)32-48(34-54)38-73(42-51-22-10-14-28-69-51)43-52-23-11-15-29-70-52/h5-15,18-29,32-36,79H,3-4,16-17,30-31,37-45H2,1-2H3/t66-/m1/s1. The Morgan fingerprint density at radius 1 is 0.634 bits per heavy atom. The Kier molecular flexibility index (Phi) is 16.9. The number of aryl methyl sites for hydroxylation is 1. The molecule has 9 aromatic rings. The number of unbranched alkanes of at least 4 members (excludes halogenated alkanes) is 1. The van der Waals surface area contributed by atoms with Crippen molar-refractivity contribution in [1.82, 2.24) is 44.2 Å². The lowest BCUT2D eigenvalue weighted by Gasteiger charge is -2.31. The molecule has 0 fully saturated rings. The first-order chi connectivity index (χ1) is 40.1. The normalized spacial score (nSPS) is 14.3. The zero-order chi connectivity index (χ0) is 56.4. The molecule has 16 nitrogen and oxygen atoms in total. The van der Waals surface area contributed by atoms with E-state index in [9.17, 15) is 19.5 Å². The lowest BCUT2D eigenvalue weighted by Crippen LogP contribution is -2.44. The van der Waals surface area contributed by atoms with E-state index < -0.39 is 17.7 Å². The summed E-state index contributed by atoms with van der Waals surface area (Å²) < 4.78 is 19.8. The van der Waals surface area contributed by atoms with Crippen molar-refractivity contribution in [2.24, 2.45) is 0 Å². The van der Waals surface area contributed by atoms with E-state index >= 15 is 0 Å². The Hall–Kier alpha value is -8.96. The fourth-order valence-corrected chi connectivity index (χ4v) is 11.1. The molecule has 82 heavy (non-hydrogen) atoms. The summed E-state index contributed by atoms with van der Waals surface area (Å²) in [6, 6.07) is 47.5. The zero-order valence-corrected chi connectivity index (χ0v) is 46.2. The number of aliphatic hydroxyl groups is 1. The number of pyridine rings is 6. The van der Waals surface area contributed by atoms with Crippen molar-refractivity contribution >= 4 is 23.0 Å². The molecule has 3 aromatic carbocycles.